The minimum Gasteiger partial charge on any atom is -0.495 e. The van der Waals surface area contributed by atoms with Crippen LogP contribution in [-0.2, 0) is 0 Å². The summed E-state index contributed by atoms with van der Waals surface area (Å²) in [7, 11) is 1.66. The van der Waals surface area contributed by atoms with E-state index in [1.807, 2.05) is 29.2 Å². The fraction of sp³-hybridized carbons (Fsp3) is 0.286. The molecule has 106 valence electrons. The molecule has 0 radical (unpaired) electrons. The van der Waals surface area contributed by atoms with Crippen LogP contribution in [0.4, 0.5) is 11.6 Å². The molecule has 0 bridgehead atoms. The third-order valence-electron chi connectivity index (χ3n) is 2.81. The molecule has 0 aliphatic heterocycles. The SMILES string of the molecule is COc1ccccc1N(CCCN)c1ncc(I)cn1. The van der Waals surface area contributed by atoms with E-state index in [1.54, 1.807) is 19.5 Å². The standard InChI is InChI=1S/C14H17IN4O/c1-20-13-6-3-2-5-12(13)19(8-4-7-16)14-17-9-11(15)10-18-14/h2-3,5-6,9-10H,4,7-8,16H2,1H3. The first-order chi connectivity index (χ1) is 9.76. The van der Waals surface area contributed by atoms with Gasteiger partial charge in [0, 0.05) is 22.5 Å². The number of nitrogens with zero attached hydrogens (tertiary/aromatic N) is 3. The van der Waals surface area contributed by atoms with E-state index in [1.165, 1.54) is 0 Å². The second-order valence-corrected chi connectivity index (χ2v) is 5.41. The van der Waals surface area contributed by atoms with Gasteiger partial charge in [-0.15, -0.1) is 0 Å². The highest BCUT2D eigenvalue weighted by Gasteiger charge is 2.15. The minimum atomic E-state index is 0.621. The average molecular weight is 384 g/mol. The van der Waals surface area contributed by atoms with E-state index in [2.05, 4.69) is 32.6 Å². The van der Waals surface area contributed by atoms with Gasteiger partial charge in [0.2, 0.25) is 5.95 Å². The lowest BCUT2D eigenvalue weighted by Crippen LogP contribution is -2.23. The van der Waals surface area contributed by atoms with Gasteiger partial charge in [-0.05, 0) is 47.7 Å². The Hall–Kier alpha value is -1.41. The molecule has 1 aromatic carbocycles. The fourth-order valence-corrected chi connectivity index (χ4v) is 2.15. The number of hydrogen-bond acceptors (Lipinski definition) is 5. The normalized spacial score (nSPS) is 10.3. The van der Waals surface area contributed by atoms with Crippen LogP contribution in [0.25, 0.3) is 0 Å². The molecule has 0 spiro atoms. The van der Waals surface area contributed by atoms with Gasteiger partial charge >= 0.3 is 0 Å². The Morgan fingerprint density at radius 2 is 1.95 bits per heavy atom. The van der Waals surface area contributed by atoms with Gasteiger partial charge in [0.15, 0.2) is 0 Å². The summed E-state index contributed by atoms with van der Waals surface area (Å²) in [6.45, 7) is 1.37. The van der Waals surface area contributed by atoms with Crippen molar-refractivity contribution in [1.29, 1.82) is 0 Å². The van der Waals surface area contributed by atoms with E-state index in [9.17, 15) is 0 Å². The summed E-state index contributed by atoms with van der Waals surface area (Å²) in [4.78, 5) is 10.8. The molecule has 20 heavy (non-hydrogen) atoms. The maximum atomic E-state index is 5.63. The van der Waals surface area contributed by atoms with Gasteiger partial charge in [-0.3, -0.25) is 0 Å². The quantitative estimate of drug-likeness (QED) is 0.776. The summed E-state index contributed by atoms with van der Waals surface area (Å²) in [5, 5.41) is 0. The number of ether oxygens (including phenoxy) is 1. The van der Waals surface area contributed by atoms with Gasteiger partial charge in [0.1, 0.15) is 5.75 Å². The Morgan fingerprint density at radius 1 is 1.25 bits per heavy atom. The predicted molar refractivity (Wildman–Crippen MR) is 88.4 cm³/mol. The highest BCUT2D eigenvalue weighted by atomic mass is 127. The van der Waals surface area contributed by atoms with Crippen molar-refractivity contribution < 1.29 is 4.74 Å². The van der Waals surface area contributed by atoms with Gasteiger partial charge in [-0.1, -0.05) is 12.1 Å². The fourth-order valence-electron chi connectivity index (χ4n) is 1.88. The Morgan fingerprint density at radius 3 is 2.60 bits per heavy atom. The van der Waals surface area contributed by atoms with Crippen LogP contribution in [0, 0.1) is 3.57 Å². The highest BCUT2D eigenvalue weighted by molar-refractivity contribution is 14.1. The minimum absolute atomic E-state index is 0.621. The molecule has 0 saturated carbocycles. The summed E-state index contributed by atoms with van der Waals surface area (Å²) >= 11 is 2.19. The van der Waals surface area contributed by atoms with Crippen LogP contribution in [0.2, 0.25) is 0 Å². The zero-order valence-corrected chi connectivity index (χ0v) is 13.4. The molecular formula is C14H17IN4O. The monoisotopic (exact) mass is 384 g/mol. The Labute approximate surface area is 132 Å². The number of anilines is 2. The lowest BCUT2D eigenvalue weighted by Gasteiger charge is -2.24. The molecule has 1 aromatic heterocycles. The predicted octanol–water partition coefficient (Wildman–Crippen LogP) is 2.58. The van der Waals surface area contributed by atoms with Crippen LogP contribution in [0.3, 0.4) is 0 Å². The molecule has 6 heteroatoms. The molecule has 0 fully saturated rings. The van der Waals surface area contributed by atoms with Crippen molar-refractivity contribution >= 4 is 34.2 Å². The zero-order chi connectivity index (χ0) is 14.4. The summed E-state index contributed by atoms with van der Waals surface area (Å²) in [5.74, 6) is 1.45. The number of benzene rings is 1. The molecule has 1 heterocycles. The number of methoxy groups -OCH3 is 1. The molecule has 0 aliphatic carbocycles. The molecule has 5 nitrogen and oxygen atoms in total. The Bertz CT molecular complexity index is 547. The molecule has 0 aliphatic rings. The van der Waals surface area contributed by atoms with E-state index in [0.29, 0.717) is 12.5 Å². The molecule has 0 amide bonds. The molecule has 0 unspecified atom stereocenters. The van der Waals surface area contributed by atoms with E-state index in [-0.39, 0.29) is 0 Å². The van der Waals surface area contributed by atoms with E-state index in [0.717, 1.165) is 28.0 Å². The molecule has 2 N–H and O–H groups in total. The second kappa shape index (κ2) is 7.39. The molecule has 0 atom stereocenters. The van der Waals surface area contributed by atoms with Crippen molar-refractivity contribution in [2.24, 2.45) is 5.73 Å². The van der Waals surface area contributed by atoms with Gasteiger partial charge in [-0.25, -0.2) is 9.97 Å². The number of hydrogen-bond donors (Lipinski definition) is 1. The zero-order valence-electron chi connectivity index (χ0n) is 11.3. The van der Waals surface area contributed by atoms with Gasteiger partial charge in [-0.2, -0.15) is 0 Å². The summed E-state index contributed by atoms with van der Waals surface area (Å²) in [6, 6.07) is 7.84. The van der Waals surface area contributed by atoms with Crippen molar-refractivity contribution in [1.82, 2.24) is 9.97 Å². The van der Waals surface area contributed by atoms with Gasteiger partial charge in [0.05, 0.1) is 12.8 Å². The number of nitrogens with two attached hydrogens (primary N) is 1. The average Bonchev–Trinajstić information content (AvgIpc) is 2.50. The Balaban J connectivity index is 2.38. The third-order valence-corrected chi connectivity index (χ3v) is 3.37. The topological polar surface area (TPSA) is 64.3 Å². The molecule has 0 saturated heterocycles. The van der Waals surface area contributed by atoms with Crippen molar-refractivity contribution in [3.05, 3.63) is 40.2 Å². The lowest BCUT2D eigenvalue weighted by molar-refractivity contribution is 0.415. The summed E-state index contributed by atoms with van der Waals surface area (Å²) in [5.41, 5.74) is 6.58. The lowest BCUT2D eigenvalue weighted by atomic mass is 10.2. The van der Waals surface area contributed by atoms with Crippen molar-refractivity contribution in [2.45, 2.75) is 6.42 Å². The van der Waals surface area contributed by atoms with Crippen molar-refractivity contribution in [3.8, 4) is 5.75 Å². The first-order valence-electron chi connectivity index (χ1n) is 6.34. The third kappa shape index (κ3) is 3.57. The van der Waals surface area contributed by atoms with Crippen LogP contribution >= 0.6 is 22.6 Å². The number of aromatic nitrogens is 2. The summed E-state index contributed by atoms with van der Waals surface area (Å²) < 4.78 is 6.43. The van der Waals surface area contributed by atoms with Crippen molar-refractivity contribution in [3.63, 3.8) is 0 Å². The van der Waals surface area contributed by atoms with Crippen LogP contribution in [-0.4, -0.2) is 30.2 Å². The number of halogens is 1. The summed E-state index contributed by atoms with van der Waals surface area (Å²) in [6.07, 6.45) is 4.45. The van der Waals surface area contributed by atoms with E-state index < -0.39 is 0 Å². The van der Waals surface area contributed by atoms with Gasteiger partial charge in [0.25, 0.3) is 0 Å². The molecule has 2 rings (SSSR count). The highest BCUT2D eigenvalue weighted by Crippen LogP contribution is 2.31. The van der Waals surface area contributed by atoms with Crippen LogP contribution < -0.4 is 15.4 Å². The van der Waals surface area contributed by atoms with Crippen LogP contribution in [0.1, 0.15) is 6.42 Å². The van der Waals surface area contributed by atoms with Crippen LogP contribution in [0.5, 0.6) is 5.75 Å². The molecular weight excluding hydrogens is 367 g/mol. The van der Waals surface area contributed by atoms with Crippen molar-refractivity contribution in [2.75, 3.05) is 25.1 Å². The molecule has 2 aromatic rings. The largest absolute Gasteiger partial charge is 0.495 e. The number of rotatable bonds is 6. The first-order valence-corrected chi connectivity index (χ1v) is 7.42. The Kier molecular flexibility index (Phi) is 5.54. The van der Waals surface area contributed by atoms with E-state index in [4.69, 9.17) is 10.5 Å². The smallest absolute Gasteiger partial charge is 0.229 e. The van der Waals surface area contributed by atoms with Gasteiger partial charge < -0.3 is 15.4 Å². The number of para-hydroxylation sites is 2. The van der Waals surface area contributed by atoms with E-state index >= 15 is 0 Å². The first kappa shape index (κ1) is 15.0. The maximum Gasteiger partial charge on any atom is 0.229 e. The second-order valence-electron chi connectivity index (χ2n) is 4.17. The van der Waals surface area contributed by atoms with Crippen LogP contribution in [0.15, 0.2) is 36.7 Å². The maximum absolute atomic E-state index is 5.63.